The van der Waals surface area contributed by atoms with E-state index in [0.29, 0.717) is 29.3 Å². The standard InChI is InChI=1S/C19H18ClN3O/c1-23(17-11-8-13-4-2-3-5-16(13)17)12-18-21-19(22-24-18)14-6-9-15(20)10-7-14/h2-7,9-10,17H,8,11-12H2,1H3. The number of fused-ring (bicyclic) bond motifs is 1. The second kappa shape index (κ2) is 6.38. The maximum Gasteiger partial charge on any atom is 0.241 e. The normalized spacial score (nSPS) is 16.5. The second-order valence-corrected chi connectivity index (χ2v) is 6.62. The highest BCUT2D eigenvalue weighted by atomic mass is 35.5. The molecule has 3 aromatic rings. The molecule has 0 radical (unpaired) electrons. The fraction of sp³-hybridized carbons (Fsp3) is 0.263. The minimum absolute atomic E-state index is 0.409. The number of hydrogen-bond donors (Lipinski definition) is 0. The highest BCUT2D eigenvalue weighted by Gasteiger charge is 2.26. The van der Waals surface area contributed by atoms with Crippen LogP contribution in [-0.4, -0.2) is 22.1 Å². The van der Waals surface area contributed by atoms with Gasteiger partial charge in [-0.2, -0.15) is 4.98 Å². The van der Waals surface area contributed by atoms with Gasteiger partial charge in [0, 0.05) is 16.6 Å². The molecule has 122 valence electrons. The predicted molar refractivity (Wildman–Crippen MR) is 93.7 cm³/mol. The Labute approximate surface area is 146 Å². The van der Waals surface area contributed by atoms with E-state index in [1.54, 1.807) is 0 Å². The fourth-order valence-corrected chi connectivity index (χ4v) is 3.48. The molecule has 1 aromatic heterocycles. The van der Waals surface area contributed by atoms with Crippen molar-refractivity contribution in [2.45, 2.75) is 25.4 Å². The molecule has 1 unspecified atom stereocenters. The van der Waals surface area contributed by atoms with Crippen LogP contribution in [-0.2, 0) is 13.0 Å². The quantitative estimate of drug-likeness (QED) is 0.701. The molecule has 0 saturated heterocycles. The van der Waals surface area contributed by atoms with E-state index in [9.17, 15) is 0 Å². The van der Waals surface area contributed by atoms with Gasteiger partial charge >= 0.3 is 0 Å². The van der Waals surface area contributed by atoms with E-state index >= 15 is 0 Å². The van der Waals surface area contributed by atoms with Gasteiger partial charge in [0.25, 0.3) is 0 Å². The molecule has 1 atom stereocenters. The maximum atomic E-state index is 5.92. The Morgan fingerprint density at radius 1 is 1.17 bits per heavy atom. The number of rotatable bonds is 4. The lowest BCUT2D eigenvalue weighted by Crippen LogP contribution is -2.22. The van der Waals surface area contributed by atoms with Crippen LogP contribution in [0.3, 0.4) is 0 Å². The van der Waals surface area contributed by atoms with E-state index in [1.165, 1.54) is 11.1 Å². The van der Waals surface area contributed by atoms with Crippen LogP contribution >= 0.6 is 11.6 Å². The minimum Gasteiger partial charge on any atom is -0.338 e. The first-order valence-corrected chi connectivity index (χ1v) is 8.45. The summed E-state index contributed by atoms with van der Waals surface area (Å²) in [7, 11) is 2.11. The third-order valence-electron chi connectivity index (χ3n) is 4.59. The van der Waals surface area contributed by atoms with Gasteiger partial charge in [-0.05, 0) is 55.3 Å². The lowest BCUT2D eigenvalue weighted by molar-refractivity contribution is 0.204. The Morgan fingerprint density at radius 3 is 2.79 bits per heavy atom. The van der Waals surface area contributed by atoms with E-state index < -0.39 is 0 Å². The van der Waals surface area contributed by atoms with Gasteiger partial charge in [0.2, 0.25) is 11.7 Å². The molecule has 24 heavy (non-hydrogen) atoms. The molecule has 0 amide bonds. The Hall–Kier alpha value is -2.17. The van der Waals surface area contributed by atoms with Crippen LogP contribution in [0.2, 0.25) is 5.02 Å². The smallest absolute Gasteiger partial charge is 0.241 e. The Kier molecular flexibility index (Phi) is 4.08. The minimum atomic E-state index is 0.409. The third kappa shape index (κ3) is 2.95. The molecule has 0 N–H and O–H groups in total. The number of nitrogens with zero attached hydrogens (tertiary/aromatic N) is 3. The monoisotopic (exact) mass is 339 g/mol. The molecule has 2 aromatic carbocycles. The van der Waals surface area contributed by atoms with Gasteiger partial charge in [-0.3, -0.25) is 4.90 Å². The van der Waals surface area contributed by atoms with Crippen molar-refractivity contribution in [1.82, 2.24) is 15.0 Å². The number of aromatic nitrogens is 2. The highest BCUT2D eigenvalue weighted by Crippen LogP contribution is 2.35. The van der Waals surface area contributed by atoms with E-state index in [-0.39, 0.29) is 0 Å². The topological polar surface area (TPSA) is 42.2 Å². The van der Waals surface area contributed by atoms with Gasteiger partial charge < -0.3 is 4.52 Å². The van der Waals surface area contributed by atoms with Crippen LogP contribution in [0.15, 0.2) is 53.1 Å². The summed E-state index contributed by atoms with van der Waals surface area (Å²) in [4.78, 5) is 6.80. The molecule has 0 aliphatic heterocycles. The Balaban J connectivity index is 1.49. The maximum absolute atomic E-state index is 5.92. The Morgan fingerprint density at radius 2 is 1.96 bits per heavy atom. The summed E-state index contributed by atoms with van der Waals surface area (Å²) >= 11 is 5.92. The first-order valence-electron chi connectivity index (χ1n) is 8.07. The summed E-state index contributed by atoms with van der Waals surface area (Å²) in [6, 6.07) is 16.5. The van der Waals surface area contributed by atoms with Crippen molar-refractivity contribution >= 4 is 11.6 Å². The molecule has 4 rings (SSSR count). The van der Waals surface area contributed by atoms with Crippen molar-refractivity contribution in [3.63, 3.8) is 0 Å². The summed E-state index contributed by atoms with van der Waals surface area (Å²) in [5, 5.41) is 4.78. The van der Waals surface area contributed by atoms with Crippen molar-refractivity contribution in [3.05, 3.63) is 70.6 Å². The van der Waals surface area contributed by atoms with Crippen molar-refractivity contribution in [2.24, 2.45) is 0 Å². The van der Waals surface area contributed by atoms with E-state index in [2.05, 4.69) is 46.4 Å². The predicted octanol–water partition coefficient (Wildman–Crippen LogP) is 4.51. The summed E-state index contributed by atoms with van der Waals surface area (Å²) in [5.41, 5.74) is 3.77. The molecule has 0 bridgehead atoms. The van der Waals surface area contributed by atoms with Crippen molar-refractivity contribution in [3.8, 4) is 11.4 Å². The molecule has 1 heterocycles. The zero-order chi connectivity index (χ0) is 16.5. The zero-order valence-electron chi connectivity index (χ0n) is 13.4. The molecular formula is C19H18ClN3O. The van der Waals surface area contributed by atoms with Crippen LogP contribution in [0.25, 0.3) is 11.4 Å². The van der Waals surface area contributed by atoms with Gasteiger partial charge in [0.1, 0.15) is 0 Å². The average Bonchev–Trinajstić information content (AvgIpc) is 3.22. The first kappa shape index (κ1) is 15.4. The summed E-state index contributed by atoms with van der Waals surface area (Å²) in [6.45, 7) is 0.638. The molecule has 0 fully saturated rings. The van der Waals surface area contributed by atoms with Crippen LogP contribution in [0.1, 0.15) is 29.5 Å². The average molecular weight is 340 g/mol. The lowest BCUT2D eigenvalue weighted by Gasteiger charge is -2.23. The van der Waals surface area contributed by atoms with Gasteiger partial charge in [-0.25, -0.2) is 0 Å². The van der Waals surface area contributed by atoms with Crippen molar-refractivity contribution in [1.29, 1.82) is 0 Å². The largest absolute Gasteiger partial charge is 0.338 e. The third-order valence-corrected chi connectivity index (χ3v) is 4.84. The van der Waals surface area contributed by atoms with Crippen molar-refractivity contribution < 1.29 is 4.52 Å². The zero-order valence-corrected chi connectivity index (χ0v) is 14.2. The summed E-state index contributed by atoms with van der Waals surface area (Å²) in [5.74, 6) is 1.23. The molecule has 1 aliphatic rings. The number of aryl methyl sites for hydroxylation is 1. The molecule has 0 saturated carbocycles. The lowest BCUT2D eigenvalue weighted by atomic mass is 10.1. The van der Waals surface area contributed by atoms with Crippen molar-refractivity contribution in [2.75, 3.05) is 7.05 Å². The van der Waals surface area contributed by atoms with E-state index in [1.807, 2.05) is 24.3 Å². The van der Waals surface area contributed by atoms with E-state index in [0.717, 1.165) is 18.4 Å². The van der Waals surface area contributed by atoms with Crippen LogP contribution in [0.4, 0.5) is 0 Å². The molecule has 1 aliphatic carbocycles. The summed E-state index contributed by atoms with van der Waals surface area (Å²) in [6.07, 6.45) is 2.26. The fourth-order valence-electron chi connectivity index (χ4n) is 3.35. The highest BCUT2D eigenvalue weighted by molar-refractivity contribution is 6.30. The van der Waals surface area contributed by atoms with Crippen LogP contribution in [0, 0.1) is 0 Å². The molecule has 4 nitrogen and oxygen atoms in total. The Bertz CT molecular complexity index is 844. The van der Waals surface area contributed by atoms with E-state index in [4.69, 9.17) is 16.1 Å². The number of hydrogen-bond acceptors (Lipinski definition) is 4. The first-order chi connectivity index (χ1) is 11.7. The number of halogens is 1. The van der Waals surface area contributed by atoms with Gasteiger partial charge in [0.15, 0.2) is 0 Å². The molecule has 5 heteroatoms. The summed E-state index contributed by atoms with van der Waals surface area (Å²) < 4.78 is 5.43. The second-order valence-electron chi connectivity index (χ2n) is 6.19. The number of benzene rings is 2. The van der Waals surface area contributed by atoms with Crippen LogP contribution < -0.4 is 0 Å². The molecular weight excluding hydrogens is 322 g/mol. The van der Waals surface area contributed by atoms with Gasteiger partial charge in [0.05, 0.1) is 6.54 Å². The van der Waals surface area contributed by atoms with Crippen LogP contribution in [0.5, 0.6) is 0 Å². The SMILES string of the molecule is CN(Cc1nc(-c2ccc(Cl)cc2)no1)C1CCc2ccccc21. The van der Waals surface area contributed by atoms with Gasteiger partial charge in [-0.1, -0.05) is 41.0 Å². The molecule has 0 spiro atoms. The van der Waals surface area contributed by atoms with Gasteiger partial charge in [-0.15, -0.1) is 0 Å².